The number of pyridine rings is 1. The van der Waals surface area contributed by atoms with E-state index in [0.717, 1.165) is 5.56 Å². The second kappa shape index (κ2) is 8.57. The normalized spacial score (nSPS) is 23.3. The molecule has 9 heteroatoms. The number of carbonyl (C=O) groups excluding carboxylic acids is 1. The van der Waals surface area contributed by atoms with Gasteiger partial charge in [-0.2, -0.15) is 0 Å². The number of thiocarbonyl (C=S) groups is 1. The second-order valence-electron chi connectivity index (χ2n) is 7.78. The van der Waals surface area contributed by atoms with Crippen molar-refractivity contribution in [3.8, 4) is 0 Å². The van der Waals surface area contributed by atoms with Crippen LogP contribution in [-0.4, -0.2) is 56.4 Å². The van der Waals surface area contributed by atoms with Crippen molar-refractivity contribution in [1.82, 2.24) is 14.3 Å². The van der Waals surface area contributed by atoms with Gasteiger partial charge in [-0.15, -0.1) is 6.58 Å². The zero-order chi connectivity index (χ0) is 22.3. The van der Waals surface area contributed by atoms with Crippen molar-refractivity contribution in [3.63, 3.8) is 0 Å². The van der Waals surface area contributed by atoms with Crippen molar-refractivity contribution in [3.05, 3.63) is 57.4 Å². The van der Waals surface area contributed by atoms with Crippen molar-refractivity contribution in [2.45, 2.75) is 33.0 Å². The Morgan fingerprint density at radius 1 is 1.32 bits per heavy atom. The van der Waals surface area contributed by atoms with E-state index in [0.29, 0.717) is 45.9 Å². The van der Waals surface area contributed by atoms with E-state index in [1.165, 1.54) is 21.1 Å². The Morgan fingerprint density at radius 3 is 2.71 bits per heavy atom. The zero-order valence-electron chi connectivity index (χ0n) is 17.7. The first-order valence-electron chi connectivity index (χ1n) is 10.1. The Balaban J connectivity index is 1.90. The predicted molar refractivity (Wildman–Crippen MR) is 128 cm³/mol. The number of nitrogens with zero attached hydrogens (tertiary/aromatic N) is 4. The van der Waals surface area contributed by atoms with Gasteiger partial charge in [0.15, 0.2) is 0 Å². The van der Waals surface area contributed by atoms with Crippen molar-refractivity contribution >= 4 is 51.7 Å². The van der Waals surface area contributed by atoms with Crippen molar-refractivity contribution in [1.29, 1.82) is 0 Å². The predicted octanol–water partition coefficient (Wildman–Crippen LogP) is 3.00. The van der Waals surface area contributed by atoms with Gasteiger partial charge in [-0.1, -0.05) is 36.1 Å². The summed E-state index contributed by atoms with van der Waals surface area (Å²) < 4.78 is 7.85. The Labute approximate surface area is 190 Å². The van der Waals surface area contributed by atoms with E-state index in [4.69, 9.17) is 21.9 Å². The number of aromatic nitrogens is 2. The van der Waals surface area contributed by atoms with Crippen LogP contribution >= 0.6 is 24.0 Å². The fraction of sp³-hybridized carbons (Fsp3) is 0.364. The molecule has 2 aliphatic heterocycles. The number of amides is 1. The third kappa shape index (κ3) is 4.05. The quantitative estimate of drug-likeness (QED) is 0.398. The van der Waals surface area contributed by atoms with Crippen LogP contribution in [0.4, 0.5) is 5.82 Å². The first-order chi connectivity index (χ1) is 14.8. The number of hydrogen-bond acceptors (Lipinski definition) is 7. The van der Waals surface area contributed by atoms with E-state index in [-0.39, 0.29) is 23.7 Å². The first-order valence-corrected chi connectivity index (χ1v) is 11.3. The molecule has 31 heavy (non-hydrogen) atoms. The summed E-state index contributed by atoms with van der Waals surface area (Å²) >= 11 is 6.54. The number of carbonyl (C=O) groups is 1. The minimum absolute atomic E-state index is 0.000441. The lowest BCUT2D eigenvalue weighted by Gasteiger charge is -2.36. The van der Waals surface area contributed by atoms with E-state index in [1.807, 2.05) is 32.9 Å². The van der Waals surface area contributed by atoms with E-state index < -0.39 is 0 Å². The molecule has 0 bridgehead atoms. The Morgan fingerprint density at radius 2 is 2.03 bits per heavy atom. The molecule has 1 amide bonds. The number of anilines is 1. The second-order valence-corrected chi connectivity index (χ2v) is 9.46. The highest BCUT2D eigenvalue weighted by atomic mass is 32.2. The molecule has 2 fully saturated rings. The molecule has 0 spiro atoms. The topological polar surface area (TPSA) is 67.2 Å². The maximum absolute atomic E-state index is 13.5. The van der Waals surface area contributed by atoms with Crippen LogP contribution in [0.3, 0.4) is 0 Å². The van der Waals surface area contributed by atoms with Crippen LogP contribution in [0.25, 0.3) is 11.7 Å². The largest absolute Gasteiger partial charge is 0.372 e. The monoisotopic (exact) mass is 456 g/mol. The van der Waals surface area contributed by atoms with Gasteiger partial charge in [-0.25, -0.2) is 4.98 Å². The molecular weight excluding hydrogens is 432 g/mol. The molecule has 4 heterocycles. The fourth-order valence-electron chi connectivity index (χ4n) is 3.94. The molecule has 0 saturated carbocycles. The first kappa shape index (κ1) is 21.7. The summed E-state index contributed by atoms with van der Waals surface area (Å²) in [6.07, 6.45) is 4.96. The van der Waals surface area contributed by atoms with Crippen molar-refractivity contribution in [2.24, 2.45) is 0 Å². The summed E-state index contributed by atoms with van der Waals surface area (Å²) in [4.78, 5) is 35.2. The molecule has 2 atom stereocenters. The Kier molecular flexibility index (Phi) is 6.00. The molecule has 0 radical (unpaired) electrons. The SMILES string of the molecule is C=CCN1C(=O)C(=Cc2c(N3CC(C)OC(C)C3)nc3c(C)cccn3c2=O)SC1=S. The summed E-state index contributed by atoms with van der Waals surface area (Å²) in [5, 5.41) is 0. The highest BCUT2D eigenvalue weighted by Crippen LogP contribution is 2.34. The third-order valence-corrected chi connectivity index (χ3v) is 6.62. The van der Waals surface area contributed by atoms with Crippen LogP contribution in [-0.2, 0) is 9.53 Å². The number of rotatable bonds is 4. The van der Waals surface area contributed by atoms with Gasteiger partial charge in [-0.3, -0.25) is 18.9 Å². The lowest BCUT2D eigenvalue weighted by atomic mass is 10.1. The summed E-state index contributed by atoms with van der Waals surface area (Å²) in [5.74, 6) is 0.341. The smallest absolute Gasteiger partial charge is 0.267 e. The summed E-state index contributed by atoms with van der Waals surface area (Å²) in [5.41, 5.74) is 1.66. The Bertz CT molecular complexity index is 1160. The average molecular weight is 457 g/mol. The molecule has 0 aromatic carbocycles. The zero-order valence-corrected chi connectivity index (χ0v) is 19.3. The molecule has 2 unspecified atom stereocenters. The van der Waals surface area contributed by atoms with E-state index in [1.54, 1.807) is 18.3 Å². The average Bonchev–Trinajstić information content (AvgIpc) is 2.97. The van der Waals surface area contributed by atoms with E-state index >= 15 is 0 Å². The third-order valence-electron chi connectivity index (χ3n) is 5.24. The summed E-state index contributed by atoms with van der Waals surface area (Å²) in [7, 11) is 0. The van der Waals surface area contributed by atoms with Gasteiger partial charge in [0.05, 0.1) is 22.7 Å². The molecule has 2 aliphatic rings. The molecule has 4 rings (SSSR count). The van der Waals surface area contributed by atoms with Gasteiger partial charge < -0.3 is 9.64 Å². The van der Waals surface area contributed by atoms with Crippen LogP contribution in [0.1, 0.15) is 25.0 Å². The molecule has 2 aromatic heterocycles. The molecule has 0 N–H and O–H groups in total. The maximum atomic E-state index is 13.5. The van der Waals surface area contributed by atoms with Gasteiger partial charge in [0, 0.05) is 25.8 Å². The van der Waals surface area contributed by atoms with Crippen LogP contribution in [0.2, 0.25) is 0 Å². The highest BCUT2D eigenvalue weighted by Gasteiger charge is 2.33. The number of morpholine rings is 1. The molecule has 2 aromatic rings. The van der Waals surface area contributed by atoms with Gasteiger partial charge in [0.1, 0.15) is 15.8 Å². The summed E-state index contributed by atoms with van der Waals surface area (Å²) in [6.45, 7) is 11.2. The summed E-state index contributed by atoms with van der Waals surface area (Å²) in [6, 6.07) is 3.74. The standard InChI is InChI=1S/C22H24N4O3S2/c1-5-8-26-21(28)17(31-22(26)30)10-16-19(24-11-14(3)29-15(4)12-24)23-18-13(2)7-6-9-25(18)20(16)27/h5-7,9-10,14-15H,1,8,11-12H2,2-4H3. The highest BCUT2D eigenvalue weighted by molar-refractivity contribution is 8.26. The lowest BCUT2D eigenvalue weighted by Crippen LogP contribution is -2.46. The Hall–Kier alpha value is -2.49. The van der Waals surface area contributed by atoms with E-state index in [2.05, 4.69) is 11.5 Å². The fourth-order valence-corrected chi connectivity index (χ4v) is 5.19. The van der Waals surface area contributed by atoms with E-state index in [9.17, 15) is 9.59 Å². The van der Waals surface area contributed by atoms with Crippen LogP contribution in [0.15, 0.2) is 40.7 Å². The van der Waals surface area contributed by atoms with Gasteiger partial charge in [0.2, 0.25) is 0 Å². The molecular formula is C22H24N4O3S2. The van der Waals surface area contributed by atoms with Crippen molar-refractivity contribution in [2.75, 3.05) is 24.5 Å². The number of aryl methyl sites for hydroxylation is 1. The van der Waals surface area contributed by atoms with Crippen LogP contribution in [0, 0.1) is 6.92 Å². The molecule has 162 valence electrons. The number of thioether (sulfide) groups is 1. The van der Waals surface area contributed by atoms with Crippen molar-refractivity contribution < 1.29 is 9.53 Å². The number of fused-ring (bicyclic) bond motifs is 1. The lowest BCUT2D eigenvalue weighted by molar-refractivity contribution is -0.121. The minimum Gasteiger partial charge on any atom is -0.372 e. The molecule has 0 aliphatic carbocycles. The molecule has 2 saturated heterocycles. The minimum atomic E-state index is -0.224. The van der Waals surface area contributed by atoms with Gasteiger partial charge in [-0.05, 0) is 38.5 Å². The number of hydrogen-bond donors (Lipinski definition) is 0. The van der Waals surface area contributed by atoms with Crippen LogP contribution in [0.5, 0.6) is 0 Å². The van der Waals surface area contributed by atoms with Gasteiger partial charge in [0.25, 0.3) is 11.5 Å². The van der Waals surface area contributed by atoms with Crippen LogP contribution < -0.4 is 10.5 Å². The number of ether oxygens (including phenoxy) is 1. The van der Waals surface area contributed by atoms with Gasteiger partial charge >= 0.3 is 0 Å². The maximum Gasteiger partial charge on any atom is 0.267 e. The molecule has 7 nitrogen and oxygen atoms in total.